The fourth-order valence-corrected chi connectivity index (χ4v) is 4.28. The van der Waals surface area contributed by atoms with Crippen molar-refractivity contribution < 1.29 is 17.5 Å². The summed E-state index contributed by atoms with van der Waals surface area (Å²) < 4.78 is 43.3. The van der Waals surface area contributed by atoms with E-state index < -0.39 is 16.1 Å². The van der Waals surface area contributed by atoms with Gasteiger partial charge in [-0.3, -0.25) is 0 Å². The third-order valence-electron chi connectivity index (χ3n) is 4.72. The first-order valence-corrected chi connectivity index (χ1v) is 10.7. The number of sulfonamides is 1. The molecule has 2 N–H and O–H groups in total. The Labute approximate surface area is 169 Å². The lowest BCUT2D eigenvalue weighted by molar-refractivity contribution is 0.243. The minimum Gasteiger partial charge on any atom is -0.480 e. The third-order valence-corrected chi connectivity index (χ3v) is 5.45. The molecule has 1 aliphatic heterocycles. The van der Waals surface area contributed by atoms with Gasteiger partial charge in [0.2, 0.25) is 10.0 Å². The van der Waals surface area contributed by atoms with Crippen LogP contribution < -0.4 is 9.88 Å². The maximum Gasteiger partial charge on any atom is 0.213 e. The van der Waals surface area contributed by atoms with Crippen molar-refractivity contribution in [2.45, 2.75) is 18.8 Å². The van der Waals surface area contributed by atoms with E-state index in [1.165, 1.54) is 12.1 Å². The maximum atomic E-state index is 13.9. The molecule has 29 heavy (non-hydrogen) atoms. The molecule has 1 aliphatic rings. The van der Waals surface area contributed by atoms with E-state index in [1.54, 1.807) is 31.2 Å². The van der Waals surface area contributed by atoms with Crippen molar-refractivity contribution in [2.24, 2.45) is 5.14 Å². The SMILES string of the molecule is CC#Cc1cccc2c1-c1ccc(CS(N)(=O)=O)cc1C(c1cccc(F)c1)O2. The smallest absolute Gasteiger partial charge is 0.213 e. The van der Waals surface area contributed by atoms with Crippen molar-refractivity contribution in [3.05, 3.63) is 88.7 Å². The van der Waals surface area contributed by atoms with Crippen LogP contribution in [0.3, 0.4) is 0 Å². The molecule has 0 fully saturated rings. The van der Waals surface area contributed by atoms with Crippen LogP contribution in [0.1, 0.15) is 35.3 Å². The van der Waals surface area contributed by atoms with E-state index in [1.807, 2.05) is 24.3 Å². The molecule has 3 aromatic carbocycles. The summed E-state index contributed by atoms with van der Waals surface area (Å²) in [6.45, 7) is 1.76. The number of primary sulfonamides is 1. The van der Waals surface area contributed by atoms with Crippen molar-refractivity contribution >= 4 is 10.0 Å². The van der Waals surface area contributed by atoms with Gasteiger partial charge >= 0.3 is 0 Å². The quantitative estimate of drug-likeness (QED) is 0.664. The third kappa shape index (κ3) is 3.88. The Balaban J connectivity index is 1.95. The molecular weight excluding hydrogens is 389 g/mol. The number of fused-ring (bicyclic) bond motifs is 3. The highest BCUT2D eigenvalue weighted by Crippen LogP contribution is 2.46. The Hall–Kier alpha value is -3.14. The second-order valence-electron chi connectivity index (χ2n) is 6.84. The van der Waals surface area contributed by atoms with E-state index in [-0.39, 0.29) is 11.6 Å². The van der Waals surface area contributed by atoms with E-state index in [4.69, 9.17) is 9.88 Å². The van der Waals surface area contributed by atoms with E-state index in [2.05, 4.69) is 11.8 Å². The monoisotopic (exact) mass is 407 g/mol. The molecule has 0 amide bonds. The summed E-state index contributed by atoms with van der Waals surface area (Å²) in [6, 6.07) is 17.2. The van der Waals surface area contributed by atoms with E-state index in [0.717, 1.165) is 22.3 Å². The van der Waals surface area contributed by atoms with Crippen LogP contribution in [0.5, 0.6) is 5.75 Å². The average molecular weight is 407 g/mol. The van der Waals surface area contributed by atoms with Gasteiger partial charge in [-0.2, -0.15) is 0 Å². The largest absolute Gasteiger partial charge is 0.480 e. The van der Waals surface area contributed by atoms with Gasteiger partial charge in [0, 0.05) is 16.7 Å². The van der Waals surface area contributed by atoms with Gasteiger partial charge in [-0.1, -0.05) is 42.3 Å². The van der Waals surface area contributed by atoms with E-state index >= 15 is 0 Å². The van der Waals surface area contributed by atoms with Crippen molar-refractivity contribution in [1.82, 2.24) is 0 Å². The Kier molecular flexibility index (Phi) is 4.87. The van der Waals surface area contributed by atoms with Gasteiger partial charge in [0.05, 0.1) is 5.75 Å². The summed E-state index contributed by atoms with van der Waals surface area (Å²) in [7, 11) is -3.69. The topological polar surface area (TPSA) is 69.4 Å². The second-order valence-corrected chi connectivity index (χ2v) is 8.45. The summed E-state index contributed by atoms with van der Waals surface area (Å²) >= 11 is 0. The first-order valence-electron chi connectivity index (χ1n) is 8.97. The molecule has 146 valence electrons. The molecule has 3 aromatic rings. The summed E-state index contributed by atoms with van der Waals surface area (Å²) in [5.41, 5.74) is 4.44. The van der Waals surface area contributed by atoms with Gasteiger partial charge in [0.25, 0.3) is 0 Å². The Morgan fingerprint density at radius 2 is 1.90 bits per heavy atom. The lowest BCUT2D eigenvalue weighted by Gasteiger charge is -2.30. The molecule has 0 saturated heterocycles. The average Bonchev–Trinajstić information content (AvgIpc) is 2.66. The van der Waals surface area contributed by atoms with Gasteiger partial charge in [-0.15, -0.1) is 5.92 Å². The van der Waals surface area contributed by atoms with Gasteiger partial charge in [-0.05, 0) is 47.9 Å². The van der Waals surface area contributed by atoms with Crippen molar-refractivity contribution in [3.63, 3.8) is 0 Å². The fourth-order valence-electron chi connectivity index (χ4n) is 3.63. The standard InChI is InChI=1S/C23H18FNO3S/c1-2-5-16-6-4-9-21-22(16)19-11-10-15(14-29(25,26)27)12-20(19)23(28-21)17-7-3-8-18(24)13-17/h3-4,6-13,23H,14H2,1H3,(H2,25,26,27). The number of rotatable bonds is 3. The molecule has 4 nitrogen and oxygen atoms in total. The number of hydrogen-bond acceptors (Lipinski definition) is 3. The fraction of sp³-hybridized carbons (Fsp3) is 0.130. The van der Waals surface area contributed by atoms with Gasteiger partial charge in [0.15, 0.2) is 0 Å². The molecule has 1 heterocycles. The summed E-state index contributed by atoms with van der Waals surface area (Å²) in [4.78, 5) is 0. The highest BCUT2D eigenvalue weighted by molar-refractivity contribution is 7.88. The number of halogens is 1. The van der Waals surface area contributed by atoms with E-state index in [9.17, 15) is 12.8 Å². The van der Waals surface area contributed by atoms with Crippen molar-refractivity contribution in [2.75, 3.05) is 0 Å². The zero-order valence-electron chi connectivity index (χ0n) is 15.6. The molecule has 0 aliphatic carbocycles. The molecule has 0 bridgehead atoms. The van der Waals surface area contributed by atoms with E-state index in [0.29, 0.717) is 16.9 Å². The maximum absolute atomic E-state index is 13.9. The minimum atomic E-state index is -3.69. The summed E-state index contributed by atoms with van der Waals surface area (Å²) in [5, 5.41) is 5.22. The highest BCUT2D eigenvalue weighted by atomic mass is 32.2. The van der Waals surface area contributed by atoms with Crippen LogP contribution in [0.15, 0.2) is 60.7 Å². The molecular formula is C23H18FNO3S. The Morgan fingerprint density at radius 3 is 2.62 bits per heavy atom. The highest BCUT2D eigenvalue weighted by Gasteiger charge is 2.29. The van der Waals surface area contributed by atoms with Gasteiger partial charge < -0.3 is 4.74 Å². The summed E-state index contributed by atoms with van der Waals surface area (Å²) in [6.07, 6.45) is -0.585. The van der Waals surface area contributed by atoms with Crippen molar-refractivity contribution in [3.8, 4) is 28.7 Å². The zero-order chi connectivity index (χ0) is 20.6. The predicted molar refractivity (Wildman–Crippen MR) is 110 cm³/mol. The molecule has 1 atom stereocenters. The molecule has 4 rings (SSSR count). The van der Waals surface area contributed by atoms with Crippen LogP contribution in [-0.4, -0.2) is 8.42 Å². The van der Waals surface area contributed by atoms with Gasteiger partial charge in [0.1, 0.15) is 17.7 Å². The molecule has 0 radical (unpaired) electrons. The van der Waals surface area contributed by atoms with Crippen LogP contribution >= 0.6 is 0 Å². The van der Waals surface area contributed by atoms with Crippen LogP contribution in [0.2, 0.25) is 0 Å². The molecule has 0 spiro atoms. The number of nitrogens with two attached hydrogens (primary N) is 1. The van der Waals surface area contributed by atoms with Crippen molar-refractivity contribution in [1.29, 1.82) is 0 Å². The van der Waals surface area contributed by atoms with Crippen LogP contribution in [0.25, 0.3) is 11.1 Å². The van der Waals surface area contributed by atoms with Gasteiger partial charge in [-0.25, -0.2) is 17.9 Å². The normalized spacial score (nSPS) is 14.8. The molecule has 0 aromatic heterocycles. The molecule has 6 heteroatoms. The van der Waals surface area contributed by atoms with Crippen LogP contribution in [0, 0.1) is 17.7 Å². The first-order chi connectivity index (χ1) is 13.9. The molecule has 0 saturated carbocycles. The second kappa shape index (κ2) is 7.36. The number of hydrogen-bond donors (Lipinski definition) is 1. The lowest BCUT2D eigenvalue weighted by Crippen LogP contribution is -2.18. The zero-order valence-corrected chi connectivity index (χ0v) is 16.5. The minimum absolute atomic E-state index is 0.292. The summed E-state index contributed by atoms with van der Waals surface area (Å²) in [5.74, 6) is 5.98. The number of benzene rings is 3. The predicted octanol–water partition coefficient (Wildman–Crippen LogP) is 4.13. The Morgan fingerprint density at radius 1 is 1.10 bits per heavy atom. The number of ether oxygens (including phenoxy) is 1. The van der Waals surface area contributed by atoms with Crippen LogP contribution in [-0.2, 0) is 15.8 Å². The van der Waals surface area contributed by atoms with Crippen LogP contribution in [0.4, 0.5) is 4.39 Å². The molecule has 1 unspecified atom stereocenters. The lowest BCUT2D eigenvalue weighted by atomic mass is 9.86. The Bertz CT molecular complexity index is 1270. The first kappa shape index (κ1) is 19.2.